The van der Waals surface area contributed by atoms with Crippen molar-refractivity contribution < 1.29 is 14.7 Å². The number of oxime groups is 1. The lowest BCUT2D eigenvalue weighted by molar-refractivity contribution is -0.157. The van der Waals surface area contributed by atoms with Crippen LogP contribution < -0.4 is 0 Å². The van der Waals surface area contributed by atoms with Gasteiger partial charge in [0.1, 0.15) is 6.61 Å². The van der Waals surface area contributed by atoms with Crippen molar-refractivity contribution in [2.24, 2.45) is 16.5 Å². The predicted octanol–water partition coefficient (Wildman–Crippen LogP) is 7.62. The second-order valence-corrected chi connectivity index (χ2v) is 11.2. The van der Waals surface area contributed by atoms with Gasteiger partial charge in [0.25, 0.3) is 0 Å². The first-order valence-electron chi connectivity index (χ1n) is 13.3. The molecule has 4 nitrogen and oxygen atoms in total. The summed E-state index contributed by atoms with van der Waals surface area (Å²) in [5, 5.41) is 14.4. The monoisotopic (exact) mass is 455 g/mol. The molecule has 3 atom stereocenters. The van der Waals surface area contributed by atoms with Crippen molar-refractivity contribution in [2.75, 3.05) is 6.61 Å². The number of aliphatic carboxylic acids is 1. The SMILES string of the molecule is CCCCCCCCO/N=C/c1cc2c(cc1C(C)C)CCC1C(C)(C(=O)O)CCC[C@]21C. The Morgan fingerprint density at radius 1 is 1.18 bits per heavy atom. The van der Waals surface area contributed by atoms with E-state index in [-0.39, 0.29) is 11.3 Å². The zero-order chi connectivity index (χ0) is 24.1. The van der Waals surface area contributed by atoms with E-state index in [1.807, 2.05) is 13.1 Å². The number of unbranched alkanes of at least 4 members (excludes halogenated alkanes) is 5. The van der Waals surface area contributed by atoms with Gasteiger partial charge in [-0.15, -0.1) is 0 Å². The Labute approximate surface area is 201 Å². The van der Waals surface area contributed by atoms with Crippen molar-refractivity contribution in [3.63, 3.8) is 0 Å². The highest BCUT2D eigenvalue weighted by atomic mass is 16.6. The third kappa shape index (κ3) is 5.46. The van der Waals surface area contributed by atoms with E-state index in [1.54, 1.807) is 0 Å². The van der Waals surface area contributed by atoms with E-state index in [0.29, 0.717) is 12.5 Å². The van der Waals surface area contributed by atoms with Crippen LogP contribution in [0.15, 0.2) is 17.3 Å². The van der Waals surface area contributed by atoms with E-state index < -0.39 is 11.4 Å². The fourth-order valence-corrected chi connectivity index (χ4v) is 6.51. The van der Waals surface area contributed by atoms with Gasteiger partial charge in [0.05, 0.1) is 11.6 Å². The summed E-state index contributed by atoms with van der Waals surface area (Å²) < 4.78 is 0. The van der Waals surface area contributed by atoms with Crippen LogP contribution in [-0.4, -0.2) is 23.9 Å². The van der Waals surface area contributed by atoms with Crippen LogP contribution in [0.5, 0.6) is 0 Å². The quantitative estimate of drug-likeness (QED) is 0.212. The molecule has 0 aromatic heterocycles. The van der Waals surface area contributed by atoms with Crippen LogP contribution in [0, 0.1) is 11.3 Å². The molecule has 1 N–H and O–H groups in total. The standard InChI is InChI=1S/C29H45NO3/c1-6-7-8-9-10-11-17-33-30-20-23-19-25-22(18-24(23)21(2)3)13-14-26-28(25,4)15-12-16-29(26,5)27(31)32/h18-21,26H,6-17H2,1-5H3,(H,31,32)/b30-20+/t26?,28-,29?/m1/s1. The summed E-state index contributed by atoms with van der Waals surface area (Å²) in [5.74, 6) is -0.0653. The summed E-state index contributed by atoms with van der Waals surface area (Å²) in [4.78, 5) is 17.9. The lowest BCUT2D eigenvalue weighted by atomic mass is 9.49. The number of fused-ring (bicyclic) bond motifs is 3. The number of rotatable bonds is 11. The Morgan fingerprint density at radius 3 is 2.61 bits per heavy atom. The van der Waals surface area contributed by atoms with Gasteiger partial charge in [0.2, 0.25) is 0 Å². The maximum absolute atomic E-state index is 12.3. The second-order valence-electron chi connectivity index (χ2n) is 11.2. The fraction of sp³-hybridized carbons (Fsp3) is 0.724. The first-order valence-corrected chi connectivity index (χ1v) is 13.3. The highest BCUT2D eigenvalue weighted by Gasteiger charge is 2.55. The number of carboxylic acids is 1. The molecule has 3 rings (SSSR count). The van der Waals surface area contributed by atoms with Crippen molar-refractivity contribution >= 4 is 12.2 Å². The molecule has 1 saturated carbocycles. The number of benzene rings is 1. The normalized spacial score (nSPS) is 26.9. The minimum Gasteiger partial charge on any atom is -0.481 e. The third-order valence-electron chi connectivity index (χ3n) is 8.52. The van der Waals surface area contributed by atoms with Crippen LogP contribution in [-0.2, 0) is 21.5 Å². The Morgan fingerprint density at radius 2 is 1.91 bits per heavy atom. The summed E-state index contributed by atoms with van der Waals surface area (Å²) in [6, 6.07) is 4.67. The largest absolute Gasteiger partial charge is 0.481 e. The smallest absolute Gasteiger partial charge is 0.309 e. The molecule has 0 spiro atoms. The number of aryl methyl sites for hydroxylation is 1. The highest BCUT2D eigenvalue weighted by Crippen LogP contribution is 2.57. The number of nitrogens with zero attached hydrogens (tertiary/aromatic N) is 1. The second kappa shape index (κ2) is 11.1. The van der Waals surface area contributed by atoms with Gasteiger partial charge in [-0.3, -0.25) is 4.79 Å². The van der Waals surface area contributed by atoms with Crippen molar-refractivity contribution in [3.05, 3.63) is 34.4 Å². The van der Waals surface area contributed by atoms with Gasteiger partial charge >= 0.3 is 5.97 Å². The summed E-state index contributed by atoms with van der Waals surface area (Å²) in [5.41, 5.74) is 4.42. The molecule has 0 radical (unpaired) electrons. The Bertz CT molecular complexity index is 846. The Balaban J connectivity index is 1.79. The Hall–Kier alpha value is -1.84. The average molecular weight is 456 g/mol. The van der Waals surface area contributed by atoms with Crippen molar-refractivity contribution in [2.45, 2.75) is 117 Å². The van der Waals surface area contributed by atoms with Crippen LogP contribution in [0.3, 0.4) is 0 Å². The first kappa shape index (κ1) is 25.8. The molecule has 4 heteroatoms. The third-order valence-corrected chi connectivity index (χ3v) is 8.52. The van der Waals surface area contributed by atoms with Crippen LogP contribution in [0.25, 0.3) is 0 Å². The zero-order valence-electron chi connectivity index (χ0n) is 21.6. The topological polar surface area (TPSA) is 58.9 Å². The minimum atomic E-state index is -0.643. The number of hydrogen-bond acceptors (Lipinski definition) is 3. The van der Waals surface area contributed by atoms with Gasteiger partial charge in [-0.25, -0.2) is 0 Å². The molecule has 0 aliphatic heterocycles. The van der Waals surface area contributed by atoms with E-state index in [1.165, 1.54) is 48.8 Å². The van der Waals surface area contributed by atoms with Crippen LogP contribution in [0.4, 0.5) is 0 Å². The van der Waals surface area contributed by atoms with Crippen LogP contribution in [0.1, 0.15) is 127 Å². The van der Waals surface area contributed by atoms with Gasteiger partial charge in [0.15, 0.2) is 0 Å². The zero-order valence-corrected chi connectivity index (χ0v) is 21.6. The molecular weight excluding hydrogens is 410 g/mol. The average Bonchev–Trinajstić information content (AvgIpc) is 2.77. The lowest BCUT2D eigenvalue weighted by Crippen LogP contribution is -2.52. The molecule has 2 unspecified atom stereocenters. The van der Waals surface area contributed by atoms with E-state index in [4.69, 9.17) is 4.84 Å². The number of carboxylic acid groups (broad SMARTS) is 1. The number of hydrogen-bond donors (Lipinski definition) is 1. The number of carbonyl (C=O) groups is 1. The van der Waals surface area contributed by atoms with Gasteiger partial charge in [0, 0.05) is 0 Å². The molecule has 2 aliphatic rings. The molecule has 0 bridgehead atoms. The molecule has 1 aromatic rings. The van der Waals surface area contributed by atoms with Gasteiger partial charge in [-0.1, -0.05) is 71.0 Å². The molecule has 2 aliphatic carbocycles. The van der Waals surface area contributed by atoms with Crippen molar-refractivity contribution in [1.29, 1.82) is 0 Å². The summed E-state index contributed by atoms with van der Waals surface area (Å²) in [6.45, 7) is 11.6. The molecule has 0 amide bonds. The van der Waals surface area contributed by atoms with Crippen LogP contribution in [0.2, 0.25) is 0 Å². The van der Waals surface area contributed by atoms with E-state index in [9.17, 15) is 9.90 Å². The van der Waals surface area contributed by atoms with Gasteiger partial charge in [-0.05, 0) is 91.0 Å². The molecular formula is C29H45NO3. The highest BCUT2D eigenvalue weighted by molar-refractivity contribution is 5.83. The maximum atomic E-state index is 12.3. The fourth-order valence-electron chi connectivity index (χ4n) is 6.51. The predicted molar refractivity (Wildman–Crippen MR) is 136 cm³/mol. The van der Waals surface area contributed by atoms with Gasteiger partial charge in [-0.2, -0.15) is 0 Å². The summed E-state index contributed by atoms with van der Waals surface area (Å²) in [6.07, 6.45) is 14.0. The first-order chi connectivity index (χ1) is 15.7. The van der Waals surface area contributed by atoms with E-state index >= 15 is 0 Å². The molecule has 0 heterocycles. The van der Waals surface area contributed by atoms with Crippen molar-refractivity contribution in [3.8, 4) is 0 Å². The van der Waals surface area contributed by atoms with E-state index in [2.05, 4.69) is 45.0 Å². The maximum Gasteiger partial charge on any atom is 0.309 e. The molecule has 1 aromatic carbocycles. The molecule has 184 valence electrons. The summed E-state index contributed by atoms with van der Waals surface area (Å²) >= 11 is 0. The minimum absolute atomic E-state index is 0.101. The van der Waals surface area contributed by atoms with E-state index in [0.717, 1.165) is 44.1 Å². The molecule has 0 saturated heterocycles. The molecule has 1 fully saturated rings. The Kier molecular flexibility index (Phi) is 8.64. The van der Waals surface area contributed by atoms with Gasteiger partial charge < -0.3 is 9.94 Å². The summed E-state index contributed by atoms with van der Waals surface area (Å²) in [7, 11) is 0. The van der Waals surface area contributed by atoms with Crippen molar-refractivity contribution in [1.82, 2.24) is 0 Å². The lowest BCUT2D eigenvalue weighted by Gasteiger charge is -2.53. The van der Waals surface area contributed by atoms with Crippen LogP contribution >= 0.6 is 0 Å². The molecule has 33 heavy (non-hydrogen) atoms.